The second kappa shape index (κ2) is 10.4. The maximum absolute atomic E-state index is 12.6. The van der Waals surface area contributed by atoms with Crippen LogP contribution >= 0.6 is 11.8 Å². The number of carbonyl (C=O) groups is 2. The molecule has 2 N–H and O–H groups in total. The Morgan fingerprint density at radius 3 is 2.45 bits per heavy atom. The van der Waals surface area contributed by atoms with Crippen molar-refractivity contribution in [3.8, 4) is 0 Å². The molecule has 5 nitrogen and oxygen atoms in total. The van der Waals surface area contributed by atoms with Crippen LogP contribution in [0.15, 0.2) is 79.1 Å². The molecular weight excluding hydrogens is 382 g/mol. The van der Waals surface area contributed by atoms with Crippen LogP contribution < -0.4 is 10.6 Å². The maximum Gasteiger partial charge on any atom is 0.253 e. The average molecular weight is 406 g/mol. The second-order valence-corrected chi connectivity index (χ2v) is 7.85. The fourth-order valence-electron chi connectivity index (χ4n) is 2.68. The van der Waals surface area contributed by atoms with Gasteiger partial charge < -0.3 is 10.6 Å². The smallest absolute Gasteiger partial charge is 0.253 e. The highest BCUT2D eigenvalue weighted by Gasteiger charge is 2.17. The van der Waals surface area contributed by atoms with Crippen LogP contribution in [-0.4, -0.2) is 22.0 Å². The monoisotopic (exact) mass is 405 g/mol. The standard InChI is InChI=1S/C23H23N3O2S/c1-17(29-16-18-8-3-2-4-9-18)22(27)26-21-12-6-5-11-20(21)23(28)25-15-19-10-7-13-24-14-19/h2-14,17H,15-16H2,1H3,(H,25,28)(H,26,27). The van der Waals surface area contributed by atoms with Crippen molar-refractivity contribution in [3.05, 3.63) is 95.8 Å². The molecule has 0 fully saturated rings. The maximum atomic E-state index is 12.6. The zero-order valence-electron chi connectivity index (χ0n) is 16.2. The van der Waals surface area contributed by atoms with Gasteiger partial charge in [0.15, 0.2) is 0 Å². The molecule has 0 saturated carbocycles. The van der Waals surface area contributed by atoms with Crippen LogP contribution in [0.2, 0.25) is 0 Å². The van der Waals surface area contributed by atoms with E-state index in [2.05, 4.69) is 15.6 Å². The van der Waals surface area contributed by atoms with Crippen molar-refractivity contribution in [2.24, 2.45) is 0 Å². The fourth-order valence-corrected chi connectivity index (χ4v) is 3.52. The minimum absolute atomic E-state index is 0.126. The van der Waals surface area contributed by atoms with Gasteiger partial charge in [0.1, 0.15) is 0 Å². The minimum atomic E-state index is -0.248. The lowest BCUT2D eigenvalue weighted by Crippen LogP contribution is -2.27. The fraction of sp³-hybridized carbons (Fsp3) is 0.174. The van der Waals surface area contributed by atoms with Crippen molar-refractivity contribution in [1.29, 1.82) is 0 Å². The lowest BCUT2D eigenvalue weighted by Gasteiger charge is -2.15. The SMILES string of the molecule is CC(SCc1ccccc1)C(=O)Nc1ccccc1C(=O)NCc1cccnc1. The van der Waals surface area contributed by atoms with Crippen molar-refractivity contribution < 1.29 is 9.59 Å². The summed E-state index contributed by atoms with van der Waals surface area (Å²) < 4.78 is 0. The molecule has 0 aliphatic heterocycles. The number of benzene rings is 2. The Labute approximate surface area is 175 Å². The normalized spacial score (nSPS) is 11.5. The minimum Gasteiger partial charge on any atom is -0.348 e. The molecule has 2 aromatic carbocycles. The van der Waals surface area contributed by atoms with Crippen LogP contribution in [0.3, 0.4) is 0 Å². The Hall–Kier alpha value is -3.12. The van der Waals surface area contributed by atoms with E-state index >= 15 is 0 Å². The molecule has 29 heavy (non-hydrogen) atoms. The number of hydrogen-bond donors (Lipinski definition) is 2. The van der Waals surface area contributed by atoms with Gasteiger partial charge in [0.25, 0.3) is 5.91 Å². The predicted octanol–water partition coefficient (Wildman–Crippen LogP) is 4.27. The lowest BCUT2D eigenvalue weighted by molar-refractivity contribution is -0.115. The number of pyridine rings is 1. The molecule has 3 aromatic rings. The molecule has 0 aliphatic carbocycles. The zero-order valence-corrected chi connectivity index (χ0v) is 17.0. The number of thioether (sulfide) groups is 1. The van der Waals surface area contributed by atoms with Crippen molar-refractivity contribution in [2.75, 3.05) is 5.32 Å². The Kier molecular flexibility index (Phi) is 7.41. The summed E-state index contributed by atoms with van der Waals surface area (Å²) in [6, 6.07) is 20.8. The number of amides is 2. The molecule has 3 rings (SSSR count). The molecule has 0 saturated heterocycles. The molecule has 1 unspecified atom stereocenters. The van der Waals surface area contributed by atoms with Gasteiger partial charge in [0.2, 0.25) is 5.91 Å². The molecule has 1 heterocycles. The first-order valence-corrected chi connectivity index (χ1v) is 10.4. The van der Waals surface area contributed by atoms with Gasteiger partial charge in [-0.15, -0.1) is 11.8 Å². The Bertz CT molecular complexity index is 949. The van der Waals surface area contributed by atoms with E-state index in [1.54, 1.807) is 48.4 Å². The van der Waals surface area contributed by atoms with E-state index in [9.17, 15) is 9.59 Å². The van der Waals surface area contributed by atoms with Crippen LogP contribution in [0.1, 0.15) is 28.4 Å². The molecule has 1 atom stereocenters. The zero-order chi connectivity index (χ0) is 20.5. The van der Waals surface area contributed by atoms with Crippen molar-refractivity contribution >= 4 is 29.3 Å². The molecule has 2 amide bonds. The summed E-state index contributed by atoms with van der Waals surface area (Å²) in [4.78, 5) is 29.3. The summed E-state index contributed by atoms with van der Waals surface area (Å²) in [6.45, 7) is 2.24. The molecule has 0 radical (unpaired) electrons. The van der Waals surface area contributed by atoms with Gasteiger partial charge in [-0.1, -0.05) is 48.5 Å². The predicted molar refractivity (Wildman–Crippen MR) is 118 cm³/mol. The summed E-state index contributed by atoms with van der Waals surface area (Å²) >= 11 is 1.56. The number of rotatable bonds is 8. The highest BCUT2D eigenvalue weighted by atomic mass is 32.2. The van der Waals surface area contributed by atoms with Crippen molar-refractivity contribution in [1.82, 2.24) is 10.3 Å². The number of anilines is 1. The second-order valence-electron chi connectivity index (χ2n) is 6.52. The quantitative estimate of drug-likeness (QED) is 0.587. The van der Waals surface area contributed by atoms with E-state index in [4.69, 9.17) is 0 Å². The Morgan fingerprint density at radius 2 is 1.69 bits per heavy atom. The van der Waals surface area contributed by atoms with Crippen LogP contribution in [0.25, 0.3) is 0 Å². The summed E-state index contributed by atoms with van der Waals surface area (Å²) in [6.07, 6.45) is 3.40. The van der Waals surface area contributed by atoms with Crippen molar-refractivity contribution in [2.45, 2.75) is 24.5 Å². The first-order chi connectivity index (χ1) is 14.1. The lowest BCUT2D eigenvalue weighted by atomic mass is 10.1. The van der Waals surface area contributed by atoms with Crippen LogP contribution in [0, 0.1) is 0 Å². The summed E-state index contributed by atoms with van der Waals surface area (Å²) in [5.74, 6) is 0.385. The van der Waals surface area contributed by atoms with Crippen molar-refractivity contribution in [3.63, 3.8) is 0 Å². The summed E-state index contributed by atoms with van der Waals surface area (Å²) in [5, 5.41) is 5.51. The van der Waals surface area contributed by atoms with Gasteiger partial charge in [0, 0.05) is 24.7 Å². The Balaban J connectivity index is 1.59. The molecule has 0 aliphatic rings. The van der Waals surface area contributed by atoms with E-state index in [-0.39, 0.29) is 17.1 Å². The Morgan fingerprint density at radius 1 is 0.966 bits per heavy atom. The van der Waals surface area contributed by atoms with Crippen LogP contribution in [-0.2, 0) is 17.1 Å². The van der Waals surface area contributed by atoms with Gasteiger partial charge in [-0.2, -0.15) is 0 Å². The topological polar surface area (TPSA) is 71.1 Å². The molecule has 148 valence electrons. The molecule has 0 spiro atoms. The summed E-state index contributed by atoms with van der Waals surface area (Å²) in [7, 11) is 0. The van der Waals surface area contributed by atoms with Gasteiger partial charge in [-0.25, -0.2) is 0 Å². The highest BCUT2D eigenvalue weighted by Crippen LogP contribution is 2.21. The van der Waals surface area contributed by atoms with E-state index in [0.717, 1.165) is 11.3 Å². The third kappa shape index (κ3) is 6.19. The van der Waals surface area contributed by atoms with Gasteiger partial charge in [-0.3, -0.25) is 14.6 Å². The third-order valence-corrected chi connectivity index (χ3v) is 5.53. The number of carbonyl (C=O) groups excluding carboxylic acids is 2. The largest absolute Gasteiger partial charge is 0.348 e. The van der Waals surface area contributed by atoms with E-state index in [0.29, 0.717) is 17.8 Å². The number of nitrogens with zero attached hydrogens (tertiary/aromatic N) is 1. The number of para-hydroxylation sites is 1. The first-order valence-electron chi connectivity index (χ1n) is 9.36. The average Bonchev–Trinajstić information content (AvgIpc) is 2.77. The van der Waals surface area contributed by atoms with Gasteiger partial charge >= 0.3 is 0 Å². The molecule has 6 heteroatoms. The number of hydrogen-bond acceptors (Lipinski definition) is 4. The molecule has 0 bridgehead atoms. The number of nitrogens with one attached hydrogen (secondary N) is 2. The highest BCUT2D eigenvalue weighted by molar-refractivity contribution is 7.99. The van der Waals surface area contributed by atoms with Crippen LogP contribution in [0.4, 0.5) is 5.69 Å². The number of aromatic nitrogens is 1. The third-order valence-electron chi connectivity index (χ3n) is 4.32. The van der Waals surface area contributed by atoms with E-state index in [1.165, 1.54) is 5.56 Å². The van der Waals surface area contributed by atoms with Gasteiger partial charge in [0.05, 0.1) is 16.5 Å². The first kappa shape index (κ1) is 20.6. The van der Waals surface area contributed by atoms with E-state index < -0.39 is 0 Å². The van der Waals surface area contributed by atoms with Gasteiger partial charge in [-0.05, 0) is 36.2 Å². The molecular formula is C23H23N3O2S. The van der Waals surface area contributed by atoms with E-state index in [1.807, 2.05) is 49.4 Å². The van der Waals surface area contributed by atoms with Crippen LogP contribution in [0.5, 0.6) is 0 Å². The summed E-state index contributed by atoms with van der Waals surface area (Å²) in [5.41, 5.74) is 3.03. The molecule has 1 aromatic heterocycles.